The Labute approximate surface area is 99.7 Å². The highest BCUT2D eigenvalue weighted by atomic mass is 19.1. The quantitative estimate of drug-likeness (QED) is 0.843. The summed E-state index contributed by atoms with van der Waals surface area (Å²) >= 11 is 0. The maximum absolute atomic E-state index is 12.7. The van der Waals surface area contributed by atoms with Gasteiger partial charge < -0.3 is 10.4 Å². The Morgan fingerprint density at radius 1 is 1.35 bits per heavy atom. The van der Waals surface area contributed by atoms with Gasteiger partial charge in [0, 0.05) is 12.6 Å². The van der Waals surface area contributed by atoms with Gasteiger partial charge in [0.1, 0.15) is 5.82 Å². The Morgan fingerprint density at radius 3 is 2.71 bits per heavy atom. The molecule has 1 saturated carbocycles. The van der Waals surface area contributed by atoms with E-state index in [9.17, 15) is 9.18 Å². The fourth-order valence-corrected chi connectivity index (χ4v) is 2.35. The number of nitrogens with one attached hydrogen (secondary N) is 1. The number of aliphatic carboxylic acids is 1. The van der Waals surface area contributed by atoms with Crippen LogP contribution in [0, 0.1) is 11.7 Å². The van der Waals surface area contributed by atoms with E-state index in [1.165, 1.54) is 12.1 Å². The fraction of sp³-hybridized carbons (Fsp3) is 0.462. The van der Waals surface area contributed by atoms with Crippen molar-refractivity contribution in [3.63, 3.8) is 0 Å². The van der Waals surface area contributed by atoms with E-state index in [1.54, 1.807) is 12.1 Å². The van der Waals surface area contributed by atoms with Crippen LogP contribution in [0.3, 0.4) is 0 Å². The standard InChI is InChI=1S/C13H16FNO2/c14-10-6-4-9(5-7-10)8-15-12-3-1-2-11(12)13(16)17/h4-7,11-12,15H,1-3,8H2,(H,16,17). The summed E-state index contributed by atoms with van der Waals surface area (Å²) < 4.78 is 12.7. The van der Waals surface area contributed by atoms with E-state index in [-0.39, 0.29) is 17.8 Å². The van der Waals surface area contributed by atoms with Crippen LogP contribution >= 0.6 is 0 Å². The van der Waals surface area contributed by atoms with E-state index in [2.05, 4.69) is 5.32 Å². The molecular formula is C13H16FNO2. The normalized spacial score (nSPS) is 23.8. The minimum Gasteiger partial charge on any atom is -0.481 e. The number of rotatable bonds is 4. The number of benzene rings is 1. The molecule has 0 heterocycles. The molecule has 1 aromatic rings. The maximum atomic E-state index is 12.7. The van der Waals surface area contributed by atoms with Gasteiger partial charge in [-0.05, 0) is 30.5 Å². The first-order chi connectivity index (χ1) is 8.16. The van der Waals surface area contributed by atoms with Crippen LogP contribution in [0.25, 0.3) is 0 Å². The highest BCUT2D eigenvalue weighted by Crippen LogP contribution is 2.26. The molecule has 0 bridgehead atoms. The van der Waals surface area contributed by atoms with Gasteiger partial charge in [-0.2, -0.15) is 0 Å². The first kappa shape index (κ1) is 12.0. The third-order valence-electron chi connectivity index (χ3n) is 3.31. The van der Waals surface area contributed by atoms with Crippen LogP contribution in [0.1, 0.15) is 24.8 Å². The van der Waals surface area contributed by atoms with Gasteiger partial charge in [-0.1, -0.05) is 18.6 Å². The Kier molecular flexibility index (Phi) is 3.74. The highest BCUT2D eigenvalue weighted by molar-refractivity contribution is 5.71. The third kappa shape index (κ3) is 3.03. The molecule has 1 fully saturated rings. The van der Waals surface area contributed by atoms with Crippen LogP contribution in [0.4, 0.5) is 4.39 Å². The van der Waals surface area contributed by atoms with E-state index in [4.69, 9.17) is 5.11 Å². The molecule has 0 spiro atoms. The van der Waals surface area contributed by atoms with E-state index < -0.39 is 5.97 Å². The summed E-state index contributed by atoms with van der Waals surface area (Å²) in [5.41, 5.74) is 0.974. The van der Waals surface area contributed by atoms with Gasteiger partial charge in [0.25, 0.3) is 0 Å². The molecular weight excluding hydrogens is 221 g/mol. The Bertz CT molecular complexity index is 391. The smallest absolute Gasteiger partial charge is 0.308 e. The van der Waals surface area contributed by atoms with Crippen molar-refractivity contribution in [2.24, 2.45) is 5.92 Å². The number of carboxylic acids is 1. The van der Waals surface area contributed by atoms with Crippen molar-refractivity contribution in [2.75, 3.05) is 0 Å². The van der Waals surface area contributed by atoms with Crippen LogP contribution < -0.4 is 5.32 Å². The second-order valence-corrected chi connectivity index (χ2v) is 4.49. The first-order valence-electron chi connectivity index (χ1n) is 5.87. The number of halogens is 1. The predicted molar refractivity (Wildman–Crippen MR) is 62.0 cm³/mol. The number of carbonyl (C=O) groups is 1. The van der Waals surface area contributed by atoms with Crippen molar-refractivity contribution < 1.29 is 14.3 Å². The molecule has 2 rings (SSSR count). The van der Waals surface area contributed by atoms with Crippen molar-refractivity contribution in [1.82, 2.24) is 5.32 Å². The van der Waals surface area contributed by atoms with Crippen LogP contribution in [0.5, 0.6) is 0 Å². The van der Waals surface area contributed by atoms with Gasteiger partial charge in [-0.15, -0.1) is 0 Å². The van der Waals surface area contributed by atoms with Crippen LogP contribution in [-0.2, 0) is 11.3 Å². The summed E-state index contributed by atoms with van der Waals surface area (Å²) in [5, 5.41) is 12.3. The van der Waals surface area contributed by atoms with Crippen LogP contribution in [0.15, 0.2) is 24.3 Å². The van der Waals surface area contributed by atoms with Crippen molar-refractivity contribution >= 4 is 5.97 Å². The molecule has 4 heteroatoms. The van der Waals surface area contributed by atoms with Gasteiger partial charge in [-0.3, -0.25) is 4.79 Å². The van der Waals surface area contributed by atoms with Gasteiger partial charge in [0.2, 0.25) is 0 Å². The Hall–Kier alpha value is -1.42. The van der Waals surface area contributed by atoms with Crippen molar-refractivity contribution in [3.8, 4) is 0 Å². The molecule has 92 valence electrons. The number of hydrogen-bond acceptors (Lipinski definition) is 2. The lowest BCUT2D eigenvalue weighted by molar-refractivity contribution is -0.142. The predicted octanol–water partition coefficient (Wildman–Crippen LogP) is 2.17. The molecule has 1 aromatic carbocycles. The molecule has 2 unspecified atom stereocenters. The summed E-state index contributed by atoms with van der Waals surface area (Å²) in [4.78, 5) is 11.0. The molecule has 1 aliphatic rings. The third-order valence-corrected chi connectivity index (χ3v) is 3.31. The number of hydrogen-bond donors (Lipinski definition) is 2. The molecule has 2 N–H and O–H groups in total. The molecule has 0 radical (unpaired) electrons. The topological polar surface area (TPSA) is 49.3 Å². The van der Waals surface area contributed by atoms with E-state index in [1.807, 2.05) is 0 Å². The average molecular weight is 237 g/mol. The van der Waals surface area contributed by atoms with Gasteiger partial charge in [-0.25, -0.2) is 4.39 Å². The van der Waals surface area contributed by atoms with Crippen molar-refractivity contribution in [3.05, 3.63) is 35.6 Å². The van der Waals surface area contributed by atoms with Gasteiger partial charge in [0.05, 0.1) is 5.92 Å². The Morgan fingerprint density at radius 2 is 2.06 bits per heavy atom. The lowest BCUT2D eigenvalue weighted by Gasteiger charge is -2.17. The highest BCUT2D eigenvalue weighted by Gasteiger charge is 2.32. The van der Waals surface area contributed by atoms with Crippen molar-refractivity contribution in [2.45, 2.75) is 31.8 Å². The maximum Gasteiger partial charge on any atom is 0.308 e. The minimum atomic E-state index is -0.723. The summed E-state index contributed by atoms with van der Waals surface area (Å²) in [7, 11) is 0. The Balaban J connectivity index is 1.89. The van der Waals surface area contributed by atoms with E-state index >= 15 is 0 Å². The summed E-state index contributed by atoms with van der Waals surface area (Å²) in [6.45, 7) is 0.592. The minimum absolute atomic E-state index is 0.0394. The molecule has 2 atom stereocenters. The van der Waals surface area contributed by atoms with E-state index in [0.29, 0.717) is 6.54 Å². The van der Waals surface area contributed by atoms with Gasteiger partial charge >= 0.3 is 5.97 Å². The zero-order valence-electron chi connectivity index (χ0n) is 9.53. The molecule has 17 heavy (non-hydrogen) atoms. The van der Waals surface area contributed by atoms with E-state index in [0.717, 1.165) is 24.8 Å². The number of carboxylic acid groups (broad SMARTS) is 1. The molecule has 0 aliphatic heterocycles. The molecule has 1 aliphatic carbocycles. The first-order valence-corrected chi connectivity index (χ1v) is 5.87. The molecule has 0 amide bonds. The van der Waals surface area contributed by atoms with Crippen LogP contribution in [-0.4, -0.2) is 17.1 Å². The van der Waals surface area contributed by atoms with Gasteiger partial charge in [0.15, 0.2) is 0 Å². The molecule has 0 aromatic heterocycles. The lowest BCUT2D eigenvalue weighted by Crippen LogP contribution is -2.35. The average Bonchev–Trinajstić information content (AvgIpc) is 2.76. The largest absolute Gasteiger partial charge is 0.481 e. The SMILES string of the molecule is O=C(O)C1CCCC1NCc1ccc(F)cc1. The summed E-state index contributed by atoms with van der Waals surface area (Å²) in [6.07, 6.45) is 2.60. The molecule has 0 saturated heterocycles. The monoisotopic (exact) mass is 237 g/mol. The summed E-state index contributed by atoms with van der Waals surface area (Å²) in [6, 6.07) is 6.30. The zero-order chi connectivity index (χ0) is 12.3. The van der Waals surface area contributed by atoms with Crippen molar-refractivity contribution in [1.29, 1.82) is 0 Å². The zero-order valence-corrected chi connectivity index (χ0v) is 9.53. The molecule has 3 nitrogen and oxygen atoms in total. The second-order valence-electron chi connectivity index (χ2n) is 4.49. The second kappa shape index (κ2) is 5.27. The lowest BCUT2D eigenvalue weighted by atomic mass is 10.0. The summed E-state index contributed by atoms with van der Waals surface area (Å²) in [5.74, 6) is -1.26. The van der Waals surface area contributed by atoms with Crippen LogP contribution in [0.2, 0.25) is 0 Å². The fourth-order valence-electron chi connectivity index (χ4n) is 2.35.